The SMILES string of the molecule is CCNC(=NCCN1CCN(C(C)=O)CC1)N1CC[C@@H](O)C1.I. The molecule has 0 saturated carbocycles. The fourth-order valence-electron chi connectivity index (χ4n) is 2.94. The van der Waals surface area contributed by atoms with Crippen LogP contribution in [0.25, 0.3) is 0 Å². The molecular weight excluding hydrogens is 409 g/mol. The van der Waals surface area contributed by atoms with E-state index in [0.717, 1.165) is 64.7 Å². The standard InChI is InChI=1S/C15H29N5O2.HI/c1-3-16-15(20-6-4-14(22)12-20)17-5-7-18-8-10-19(11-9-18)13(2)21;/h14,22H,3-12H2,1-2H3,(H,16,17);1H/t14-;/m1./s1. The third-order valence-corrected chi connectivity index (χ3v) is 4.29. The summed E-state index contributed by atoms with van der Waals surface area (Å²) in [5.74, 6) is 1.07. The third kappa shape index (κ3) is 6.42. The number of guanidine groups is 1. The first-order chi connectivity index (χ1) is 10.6. The molecule has 2 heterocycles. The summed E-state index contributed by atoms with van der Waals surface area (Å²) in [5, 5.41) is 12.9. The van der Waals surface area contributed by atoms with Crippen molar-refractivity contribution in [2.24, 2.45) is 4.99 Å². The highest BCUT2D eigenvalue weighted by molar-refractivity contribution is 14.0. The zero-order chi connectivity index (χ0) is 15.9. The minimum absolute atomic E-state index is 0. The predicted octanol–water partition coefficient (Wildman–Crippen LogP) is -0.199. The van der Waals surface area contributed by atoms with Gasteiger partial charge in [0.15, 0.2) is 5.96 Å². The fraction of sp³-hybridized carbons (Fsp3) is 0.867. The highest BCUT2D eigenvalue weighted by atomic mass is 127. The van der Waals surface area contributed by atoms with Crippen LogP contribution in [0.2, 0.25) is 0 Å². The maximum absolute atomic E-state index is 11.3. The summed E-state index contributed by atoms with van der Waals surface area (Å²) in [6.45, 7) is 11.2. The van der Waals surface area contributed by atoms with E-state index >= 15 is 0 Å². The quantitative estimate of drug-likeness (QED) is 0.361. The zero-order valence-electron chi connectivity index (χ0n) is 14.2. The van der Waals surface area contributed by atoms with Crippen molar-refractivity contribution in [3.63, 3.8) is 0 Å². The molecule has 0 unspecified atom stereocenters. The maximum atomic E-state index is 11.3. The molecule has 2 N–H and O–H groups in total. The Labute approximate surface area is 156 Å². The first-order valence-corrected chi connectivity index (χ1v) is 8.29. The van der Waals surface area contributed by atoms with Gasteiger partial charge in [0.2, 0.25) is 5.91 Å². The molecule has 23 heavy (non-hydrogen) atoms. The van der Waals surface area contributed by atoms with E-state index in [9.17, 15) is 9.90 Å². The van der Waals surface area contributed by atoms with Gasteiger partial charge in [-0.25, -0.2) is 0 Å². The first-order valence-electron chi connectivity index (χ1n) is 8.29. The van der Waals surface area contributed by atoms with Crippen molar-refractivity contribution in [2.45, 2.75) is 26.4 Å². The van der Waals surface area contributed by atoms with Crippen LogP contribution >= 0.6 is 24.0 Å². The lowest BCUT2D eigenvalue weighted by atomic mass is 10.3. The van der Waals surface area contributed by atoms with Gasteiger partial charge in [-0.05, 0) is 13.3 Å². The molecule has 8 heteroatoms. The Morgan fingerprint density at radius 1 is 1.22 bits per heavy atom. The molecule has 1 amide bonds. The second kappa shape index (κ2) is 10.3. The molecule has 0 aromatic heterocycles. The van der Waals surface area contributed by atoms with E-state index in [-0.39, 0.29) is 36.0 Å². The molecule has 134 valence electrons. The predicted molar refractivity (Wildman–Crippen MR) is 102 cm³/mol. The van der Waals surface area contributed by atoms with Gasteiger partial charge in [-0.2, -0.15) is 0 Å². The lowest BCUT2D eigenvalue weighted by Gasteiger charge is -2.33. The Morgan fingerprint density at radius 2 is 1.91 bits per heavy atom. The number of aliphatic hydroxyl groups is 1. The Balaban J connectivity index is 0.00000264. The van der Waals surface area contributed by atoms with Crippen LogP contribution in [0.15, 0.2) is 4.99 Å². The number of piperazine rings is 1. The molecule has 0 aliphatic carbocycles. The van der Waals surface area contributed by atoms with Gasteiger partial charge in [0.1, 0.15) is 0 Å². The van der Waals surface area contributed by atoms with Gasteiger partial charge in [-0.15, -0.1) is 24.0 Å². The summed E-state index contributed by atoms with van der Waals surface area (Å²) < 4.78 is 0. The van der Waals surface area contributed by atoms with Crippen molar-refractivity contribution in [1.82, 2.24) is 20.0 Å². The average molecular weight is 439 g/mol. The van der Waals surface area contributed by atoms with E-state index in [1.54, 1.807) is 6.92 Å². The van der Waals surface area contributed by atoms with E-state index < -0.39 is 0 Å². The van der Waals surface area contributed by atoms with Crippen LogP contribution < -0.4 is 5.32 Å². The normalized spacial score (nSPS) is 22.9. The third-order valence-electron chi connectivity index (χ3n) is 4.29. The van der Waals surface area contributed by atoms with Gasteiger partial charge in [0.25, 0.3) is 0 Å². The van der Waals surface area contributed by atoms with Crippen molar-refractivity contribution < 1.29 is 9.90 Å². The largest absolute Gasteiger partial charge is 0.391 e. The number of carbonyl (C=O) groups excluding carboxylic acids is 1. The molecule has 0 bridgehead atoms. The molecule has 2 fully saturated rings. The maximum Gasteiger partial charge on any atom is 0.219 e. The summed E-state index contributed by atoms with van der Waals surface area (Å²) in [4.78, 5) is 22.4. The van der Waals surface area contributed by atoms with Gasteiger partial charge in [-0.3, -0.25) is 14.7 Å². The number of likely N-dealkylation sites (tertiary alicyclic amines) is 1. The second-order valence-corrected chi connectivity index (χ2v) is 5.97. The number of aliphatic imine (C=N–C) groups is 1. The molecule has 0 aromatic rings. The number of hydrogen-bond donors (Lipinski definition) is 2. The van der Waals surface area contributed by atoms with E-state index in [1.807, 2.05) is 4.90 Å². The molecule has 1 atom stereocenters. The molecular formula is C15H30IN5O2. The van der Waals surface area contributed by atoms with Crippen LogP contribution in [0.1, 0.15) is 20.3 Å². The zero-order valence-corrected chi connectivity index (χ0v) is 16.5. The molecule has 0 aromatic carbocycles. The lowest BCUT2D eigenvalue weighted by molar-refractivity contribution is -0.130. The number of aliphatic hydroxyl groups excluding tert-OH is 1. The lowest BCUT2D eigenvalue weighted by Crippen LogP contribution is -2.48. The Morgan fingerprint density at radius 3 is 2.43 bits per heavy atom. The minimum atomic E-state index is -0.233. The monoisotopic (exact) mass is 439 g/mol. The topological polar surface area (TPSA) is 71.4 Å². The number of nitrogens with one attached hydrogen (secondary N) is 1. The fourth-order valence-corrected chi connectivity index (χ4v) is 2.94. The Bertz CT molecular complexity index is 399. The molecule has 2 aliphatic rings. The number of halogens is 1. The highest BCUT2D eigenvalue weighted by Crippen LogP contribution is 2.09. The van der Waals surface area contributed by atoms with E-state index in [4.69, 9.17) is 0 Å². The molecule has 2 saturated heterocycles. The van der Waals surface area contributed by atoms with Gasteiger partial charge in [0, 0.05) is 59.3 Å². The summed E-state index contributed by atoms with van der Waals surface area (Å²) in [6, 6.07) is 0. The molecule has 2 aliphatic heterocycles. The number of amides is 1. The molecule has 2 rings (SSSR count). The number of hydrogen-bond acceptors (Lipinski definition) is 4. The van der Waals surface area contributed by atoms with Crippen LogP contribution in [0.4, 0.5) is 0 Å². The highest BCUT2D eigenvalue weighted by Gasteiger charge is 2.23. The summed E-state index contributed by atoms with van der Waals surface area (Å²) >= 11 is 0. The van der Waals surface area contributed by atoms with Crippen molar-refractivity contribution in [3.05, 3.63) is 0 Å². The molecule has 0 radical (unpaired) electrons. The van der Waals surface area contributed by atoms with Crippen LogP contribution in [0, 0.1) is 0 Å². The van der Waals surface area contributed by atoms with Gasteiger partial charge in [-0.1, -0.05) is 0 Å². The Hall–Kier alpha value is -0.610. The van der Waals surface area contributed by atoms with Crippen LogP contribution in [-0.2, 0) is 4.79 Å². The average Bonchev–Trinajstić information content (AvgIpc) is 2.93. The smallest absolute Gasteiger partial charge is 0.219 e. The summed E-state index contributed by atoms with van der Waals surface area (Å²) in [7, 11) is 0. The Kier molecular flexibility index (Phi) is 9.15. The first kappa shape index (κ1) is 20.4. The molecule has 7 nitrogen and oxygen atoms in total. The van der Waals surface area contributed by atoms with Crippen LogP contribution in [0.5, 0.6) is 0 Å². The number of nitrogens with zero attached hydrogens (tertiary/aromatic N) is 4. The van der Waals surface area contributed by atoms with Crippen molar-refractivity contribution in [1.29, 1.82) is 0 Å². The number of β-amino-alcohol motifs (C(OH)–C–C–N with tert-alkyl or cyclic N) is 1. The number of rotatable bonds is 4. The van der Waals surface area contributed by atoms with Crippen molar-refractivity contribution in [3.8, 4) is 0 Å². The van der Waals surface area contributed by atoms with Crippen LogP contribution in [0.3, 0.4) is 0 Å². The number of carbonyl (C=O) groups is 1. The van der Waals surface area contributed by atoms with E-state index in [2.05, 4.69) is 27.0 Å². The molecule has 0 spiro atoms. The van der Waals surface area contributed by atoms with E-state index in [0.29, 0.717) is 6.54 Å². The van der Waals surface area contributed by atoms with Crippen molar-refractivity contribution >= 4 is 35.8 Å². The van der Waals surface area contributed by atoms with Gasteiger partial charge in [0.05, 0.1) is 12.6 Å². The second-order valence-electron chi connectivity index (χ2n) is 5.97. The van der Waals surface area contributed by atoms with Crippen molar-refractivity contribution in [2.75, 3.05) is 58.9 Å². The summed E-state index contributed by atoms with van der Waals surface area (Å²) in [6.07, 6.45) is 0.584. The summed E-state index contributed by atoms with van der Waals surface area (Å²) in [5.41, 5.74) is 0. The van der Waals surface area contributed by atoms with E-state index in [1.165, 1.54) is 0 Å². The van der Waals surface area contributed by atoms with Gasteiger partial charge < -0.3 is 20.2 Å². The van der Waals surface area contributed by atoms with Gasteiger partial charge >= 0.3 is 0 Å². The minimum Gasteiger partial charge on any atom is -0.391 e. The van der Waals surface area contributed by atoms with Crippen LogP contribution in [-0.4, -0.2) is 96.7 Å².